The Morgan fingerprint density at radius 1 is 1.23 bits per heavy atom. The fourth-order valence-electron chi connectivity index (χ4n) is 2.66. The Morgan fingerprint density at radius 2 is 2.00 bits per heavy atom. The number of rotatable bonds is 5. The van der Waals surface area contributed by atoms with Crippen molar-refractivity contribution in [2.75, 3.05) is 13.2 Å². The van der Waals surface area contributed by atoms with Gasteiger partial charge in [0.05, 0.1) is 6.04 Å². The lowest BCUT2D eigenvalue weighted by atomic mass is 9.98. The van der Waals surface area contributed by atoms with Gasteiger partial charge >= 0.3 is 0 Å². The zero-order valence-corrected chi connectivity index (χ0v) is 12.0. The van der Waals surface area contributed by atoms with E-state index in [1.165, 1.54) is 6.07 Å². The minimum atomic E-state index is -0.539. The van der Waals surface area contributed by atoms with Crippen LogP contribution in [0.4, 0.5) is 4.39 Å². The van der Waals surface area contributed by atoms with Gasteiger partial charge in [0.2, 0.25) is 0 Å². The molecular formula is C17H17FN2O2. The highest BCUT2D eigenvalue weighted by Crippen LogP contribution is 2.33. The fourth-order valence-corrected chi connectivity index (χ4v) is 2.66. The van der Waals surface area contributed by atoms with Gasteiger partial charge in [0.25, 0.3) is 5.91 Å². The van der Waals surface area contributed by atoms with Gasteiger partial charge in [-0.25, -0.2) is 4.39 Å². The first-order chi connectivity index (χ1) is 10.7. The van der Waals surface area contributed by atoms with E-state index in [1.807, 2.05) is 30.3 Å². The van der Waals surface area contributed by atoms with Gasteiger partial charge < -0.3 is 15.8 Å². The molecule has 0 spiro atoms. The zero-order chi connectivity index (χ0) is 15.5. The maximum atomic E-state index is 13.9. The van der Waals surface area contributed by atoms with Crippen molar-refractivity contribution >= 4 is 5.91 Å². The van der Waals surface area contributed by atoms with Crippen LogP contribution in [0.5, 0.6) is 5.75 Å². The van der Waals surface area contributed by atoms with E-state index in [0.29, 0.717) is 18.5 Å². The predicted octanol–water partition coefficient (Wildman–Crippen LogP) is 2.19. The molecule has 0 bridgehead atoms. The lowest BCUT2D eigenvalue weighted by Gasteiger charge is -2.13. The van der Waals surface area contributed by atoms with Gasteiger partial charge in [-0.15, -0.1) is 0 Å². The van der Waals surface area contributed by atoms with Crippen molar-refractivity contribution in [3.63, 3.8) is 0 Å². The average molecular weight is 300 g/mol. The highest BCUT2D eigenvalue weighted by molar-refractivity contribution is 5.99. The number of hydrogen-bond acceptors (Lipinski definition) is 3. The van der Waals surface area contributed by atoms with E-state index in [2.05, 4.69) is 5.32 Å². The van der Waals surface area contributed by atoms with Crippen molar-refractivity contribution in [1.29, 1.82) is 0 Å². The molecule has 4 nitrogen and oxygen atoms in total. The first-order valence-corrected chi connectivity index (χ1v) is 7.20. The van der Waals surface area contributed by atoms with Crippen LogP contribution in [0.1, 0.15) is 27.5 Å². The van der Waals surface area contributed by atoms with Gasteiger partial charge in [0.1, 0.15) is 6.61 Å². The molecular weight excluding hydrogens is 283 g/mol. The summed E-state index contributed by atoms with van der Waals surface area (Å²) in [5, 5.41) is 2.89. The molecule has 0 saturated heterocycles. The second-order valence-electron chi connectivity index (χ2n) is 5.22. The molecule has 1 amide bonds. The predicted molar refractivity (Wildman–Crippen MR) is 81.3 cm³/mol. The number of hydrogen-bond donors (Lipinski definition) is 2. The largest absolute Gasteiger partial charge is 0.489 e. The van der Waals surface area contributed by atoms with Gasteiger partial charge in [-0.05, 0) is 29.7 Å². The van der Waals surface area contributed by atoms with Crippen molar-refractivity contribution in [3.8, 4) is 5.75 Å². The Morgan fingerprint density at radius 3 is 2.73 bits per heavy atom. The maximum absolute atomic E-state index is 13.9. The molecule has 2 aromatic carbocycles. The molecule has 1 unspecified atom stereocenters. The second-order valence-corrected chi connectivity index (χ2v) is 5.22. The molecule has 1 aliphatic heterocycles. The lowest BCUT2D eigenvalue weighted by Crippen LogP contribution is -2.20. The van der Waals surface area contributed by atoms with E-state index in [9.17, 15) is 9.18 Å². The third-order valence-electron chi connectivity index (χ3n) is 3.69. The van der Waals surface area contributed by atoms with Gasteiger partial charge in [0.15, 0.2) is 11.6 Å². The topological polar surface area (TPSA) is 64.3 Å². The molecule has 2 aromatic rings. The molecule has 0 aliphatic carbocycles. The number of benzene rings is 2. The zero-order valence-electron chi connectivity index (χ0n) is 12.0. The molecule has 1 aliphatic rings. The minimum Gasteiger partial charge on any atom is -0.489 e. The van der Waals surface area contributed by atoms with Gasteiger partial charge in [-0.2, -0.15) is 0 Å². The number of nitrogens with two attached hydrogens (primary N) is 1. The molecule has 1 atom stereocenters. The van der Waals surface area contributed by atoms with Crippen LogP contribution >= 0.6 is 0 Å². The summed E-state index contributed by atoms with van der Waals surface area (Å²) in [5.41, 5.74) is 7.62. The van der Waals surface area contributed by atoms with Crippen LogP contribution in [0, 0.1) is 5.82 Å². The molecule has 22 heavy (non-hydrogen) atoms. The first-order valence-electron chi connectivity index (χ1n) is 7.20. The van der Waals surface area contributed by atoms with Crippen LogP contribution in [0.2, 0.25) is 0 Å². The minimum absolute atomic E-state index is 0.138. The first kappa shape index (κ1) is 14.5. The van der Waals surface area contributed by atoms with Gasteiger partial charge in [-0.3, -0.25) is 4.79 Å². The van der Waals surface area contributed by atoms with Crippen LogP contribution in [0.15, 0.2) is 42.5 Å². The summed E-state index contributed by atoms with van der Waals surface area (Å²) in [6.07, 6.45) is 0.654. The van der Waals surface area contributed by atoms with E-state index in [1.54, 1.807) is 6.07 Å². The number of ether oxygens (including phenoxy) is 1. The van der Waals surface area contributed by atoms with Crippen molar-refractivity contribution in [3.05, 3.63) is 65.0 Å². The summed E-state index contributed by atoms with van der Waals surface area (Å²) in [4.78, 5) is 12.0. The van der Waals surface area contributed by atoms with Gasteiger partial charge in [0, 0.05) is 12.1 Å². The van der Waals surface area contributed by atoms with Crippen molar-refractivity contribution in [2.45, 2.75) is 12.5 Å². The highest BCUT2D eigenvalue weighted by atomic mass is 19.1. The number of nitrogens with one attached hydrogen (secondary N) is 1. The summed E-state index contributed by atoms with van der Waals surface area (Å²) in [7, 11) is 0. The monoisotopic (exact) mass is 300 g/mol. The molecule has 114 valence electrons. The summed E-state index contributed by atoms with van der Waals surface area (Å²) in [6.45, 7) is 0.543. The van der Waals surface area contributed by atoms with Crippen molar-refractivity contribution in [1.82, 2.24) is 5.32 Å². The summed E-state index contributed by atoms with van der Waals surface area (Å²) in [6, 6.07) is 12.5. The van der Waals surface area contributed by atoms with E-state index >= 15 is 0 Å². The molecule has 0 radical (unpaired) electrons. The summed E-state index contributed by atoms with van der Waals surface area (Å²) < 4.78 is 19.3. The maximum Gasteiger partial charge on any atom is 0.252 e. The Kier molecular flexibility index (Phi) is 4.06. The standard InChI is InChI=1S/C17H17FN2O2/c18-14-9-13-12(10-16(14)22-7-6-19)15(20-17(13)21)8-11-4-2-1-3-5-11/h1-5,9-10,15H,6-8,19H2,(H,20,21). The number of fused-ring (bicyclic) bond motifs is 1. The Hall–Kier alpha value is -2.40. The summed E-state index contributed by atoms with van der Waals surface area (Å²) in [5.74, 6) is -0.651. The Balaban J connectivity index is 1.90. The van der Waals surface area contributed by atoms with E-state index in [-0.39, 0.29) is 24.3 Å². The SMILES string of the molecule is NCCOc1cc2c(cc1F)C(=O)NC2Cc1ccccc1. The number of carbonyl (C=O) groups is 1. The molecule has 1 heterocycles. The van der Waals surface area contributed by atoms with E-state index in [0.717, 1.165) is 11.1 Å². The number of halogens is 1. The molecule has 3 N–H and O–H groups in total. The highest BCUT2D eigenvalue weighted by Gasteiger charge is 2.30. The normalized spacial score (nSPS) is 16.3. The molecule has 5 heteroatoms. The Labute approximate surface area is 128 Å². The average Bonchev–Trinajstić information content (AvgIpc) is 2.81. The second kappa shape index (κ2) is 6.15. The van der Waals surface area contributed by atoms with Gasteiger partial charge in [-0.1, -0.05) is 30.3 Å². The smallest absolute Gasteiger partial charge is 0.252 e. The molecule has 3 rings (SSSR count). The van der Waals surface area contributed by atoms with Crippen LogP contribution < -0.4 is 15.8 Å². The third-order valence-corrected chi connectivity index (χ3v) is 3.69. The quantitative estimate of drug-likeness (QED) is 0.889. The number of carbonyl (C=O) groups excluding carboxylic acids is 1. The third kappa shape index (κ3) is 2.80. The van der Waals surface area contributed by atoms with Crippen LogP contribution in [-0.2, 0) is 6.42 Å². The fraction of sp³-hybridized carbons (Fsp3) is 0.235. The Bertz CT molecular complexity index is 689. The van der Waals surface area contributed by atoms with E-state index in [4.69, 9.17) is 10.5 Å². The van der Waals surface area contributed by atoms with Crippen molar-refractivity contribution in [2.24, 2.45) is 5.73 Å². The van der Waals surface area contributed by atoms with E-state index < -0.39 is 5.82 Å². The lowest BCUT2D eigenvalue weighted by molar-refractivity contribution is 0.0956. The molecule has 0 fully saturated rings. The molecule has 0 aromatic heterocycles. The number of amides is 1. The molecule has 0 saturated carbocycles. The van der Waals surface area contributed by atoms with Crippen LogP contribution in [0.3, 0.4) is 0 Å². The summed E-state index contributed by atoms with van der Waals surface area (Å²) >= 11 is 0. The van der Waals surface area contributed by atoms with Crippen molar-refractivity contribution < 1.29 is 13.9 Å². The van der Waals surface area contributed by atoms with Crippen LogP contribution in [0.25, 0.3) is 0 Å². The van der Waals surface area contributed by atoms with Crippen LogP contribution in [-0.4, -0.2) is 19.1 Å².